The van der Waals surface area contributed by atoms with Gasteiger partial charge in [0.05, 0.1) is 17.1 Å². The molecule has 180 valence electrons. The smallest absolute Gasteiger partial charge is 0.256 e. The fourth-order valence-electron chi connectivity index (χ4n) is 3.89. The van der Waals surface area contributed by atoms with Crippen molar-refractivity contribution in [2.24, 2.45) is 0 Å². The summed E-state index contributed by atoms with van der Waals surface area (Å²) in [6.45, 7) is 7.24. The first-order valence-corrected chi connectivity index (χ1v) is 12.7. The molecule has 2 aromatic carbocycles. The number of piperidine rings is 1. The number of amides is 1. The highest BCUT2D eigenvalue weighted by Crippen LogP contribution is 2.30. The monoisotopic (exact) mass is 478 g/mol. The van der Waals surface area contributed by atoms with E-state index < -0.39 is 21.7 Å². The van der Waals surface area contributed by atoms with Gasteiger partial charge in [-0.05, 0) is 37.3 Å². The first kappa shape index (κ1) is 25.0. The normalized spacial score (nSPS) is 15.0. The average molecular weight is 479 g/mol. The van der Waals surface area contributed by atoms with E-state index in [1.807, 2.05) is 31.2 Å². The third-order valence-electron chi connectivity index (χ3n) is 5.68. The van der Waals surface area contributed by atoms with Crippen LogP contribution < -0.4 is 9.47 Å². The number of hydrogen-bond donors (Lipinski definition) is 0. The summed E-state index contributed by atoms with van der Waals surface area (Å²) in [6.07, 6.45) is 1.05. The van der Waals surface area contributed by atoms with Crippen molar-refractivity contribution in [2.45, 2.75) is 44.6 Å². The average Bonchev–Trinajstić information content (AvgIpc) is 2.81. The van der Waals surface area contributed by atoms with Crippen LogP contribution in [0.3, 0.4) is 0 Å². The number of para-hydroxylation sites is 2. The van der Waals surface area contributed by atoms with Crippen molar-refractivity contribution in [1.82, 2.24) is 9.21 Å². The highest BCUT2D eigenvalue weighted by atomic mass is 32.2. The summed E-state index contributed by atoms with van der Waals surface area (Å²) in [6, 6.07) is 10.8. The third-order valence-corrected chi connectivity index (χ3v) is 7.73. The van der Waals surface area contributed by atoms with Gasteiger partial charge in [0.25, 0.3) is 5.91 Å². The first-order valence-electron chi connectivity index (χ1n) is 11.3. The van der Waals surface area contributed by atoms with E-state index in [1.165, 1.54) is 10.4 Å². The Morgan fingerprint density at radius 1 is 1.06 bits per heavy atom. The van der Waals surface area contributed by atoms with Crippen LogP contribution in [0.25, 0.3) is 0 Å². The molecule has 0 spiro atoms. The molecule has 1 heterocycles. The third kappa shape index (κ3) is 5.65. The Balaban J connectivity index is 1.70. The van der Waals surface area contributed by atoms with Crippen molar-refractivity contribution in [2.75, 3.05) is 32.8 Å². The maximum atomic E-state index is 14.5. The topological polar surface area (TPSA) is 76.1 Å². The minimum absolute atomic E-state index is 0.0818. The zero-order valence-electron chi connectivity index (χ0n) is 19.3. The lowest BCUT2D eigenvalue weighted by Crippen LogP contribution is -2.42. The highest BCUT2D eigenvalue weighted by Gasteiger charge is 2.29. The van der Waals surface area contributed by atoms with Gasteiger partial charge in [0.15, 0.2) is 11.5 Å². The summed E-state index contributed by atoms with van der Waals surface area (Å²) >= 11 is 0. The fourth-order valence-corrected chi connectivity index (χ4v) is 5.38. The molecule has 1 saturated heterocycles. The van der Waals surface area contributed by atoms with Crippen molar-refractivity contribution in [3.05, 3.63) is 53.8 Å². The van der Waals surface area contributed by atoms with Crippen molar-refractivity contribution in [3.63, 3.8) is 0 Å². The summed E-state index contributed by atoms with van der Waals surface area (Å²) in [7, 11) is -3.79. The van der Waals surface area contributed by atoms with Crippen molar-refractivity contribution < 1.29 is 27.1 Å². The second kappa shape index (κ2) is 11.0. The van der Waals surface area contributed by atoms with Crippen LogP contribution in [0.15, 0.2) is 47.4 Å². The van der Waals surface area contributed by atoms with Crippen LogP contribution in [-0.4, -0.2) is 62.4 Å². The largest absolute Gasteiger partial charge is 0.490 e. The molecule has 33 heavy (non-hydrogen) atoms. The Morgan fingerprint density at radius 2 is 1.70 bits per heavy atom. The van der Waals surface area contributed by atoms with Crippen molar-refractivity contribution in [1.29, 1.82) is 0 Å². The zero-order valence-corrected chi connectivity index (χ0v) is 20.1. The molecule has 1 amide bonds. The molecule has 1 aliphatic heterocycles. The van der Waals surface area contributed by atoms with Gasteiger partial charge in [-0.1, -0.05) is 26.0 Å². The van der Waals surface area contributed by atoms with E-state index in [2.05, 4.69) is 0 Å². The molecular formula is C24H31FN2O5S. The van der Waals surface area contributed by atoms with E-state index in [1.54, 1.807) is 18.7 Å². The molecule has 0 N–H and O–H groups in total. The molecule has 1 fully saturated rings. The number of likely N-dealkylation sites (tertiary alicyclic amines) is 1. The van der Waals surface area contributed by atoms with Crippen LogP contribution in [0.4, 0.5) is 4.39 Å². The number of benzene rings is 2. The quantitative estimate of drug-likeness (QED) is 0.546. The Morgan fingerprint density at radius 3 is 2.30 bits per heavy atom. The second-order valence-electron chi connectivity index (χ2n) is 7.72. The minimum atomic E-state index is -3.79. The van der Waals surface area contributed by atoms with Gasteiger partial charge in [-0.3, -0.25) is 4.79 Å². The van der Waals surface area contributed by atoms with E-state index in [0.717, 1.165) is 12.1 Å². The minimum Gasteiger partial charge on any atom is -0.490 e. The number of halogens is 1. The van der Waals surface area contributed by atoms with E-state index in [-0.39, 0.29) is 16.6 Å². The molecule has 9 heteroatoms. The van der Waals surface area contributed by atoms with Crippen LogP contribution in [0.1, 0.15) is 44.0 Å². The Kier molecular flexibility index (Phi) is 8.31. The van der Waals surface area contributed by atoms with Crippen LogP contribution in [0.2, 0.25) is 0 Å². The number of carbonyl (C=O) groups excluding carboxylic acids is 1. The van der Waals surface area contributed by atoms with E-state index in [9.17, 15) is 17.6 Å². The van der Waals surface area contributed by atoms with Gasteiger partial charge in [-0.2, -0.15) is 4.31 Å². The summed E-state index contributed by atoms with van der Waals surface area (Å²) in [4.78, 5) is 14.5. The van der Waals surface area contributed by atoms with Gasteiger partial charge in [-0.15, -0.1) is 0 Å². The number of carbonyl (C=O) groups is 1. The molecule has 1 aliphatic rings. The first-order chi connectivity index (χ1) is 15.8. The number of hydrogen-bond acceptors (Lipinski definition) is 5. The van der Waals surface area contributed by atoms with E-state index in [4.69, 9.17) is 9.47 Å². The molecule has 0 bridgehead atoms. The van der Waals surface area contributed by atoms with E-state index >= 15 is 0 Å². The molecule has 0 unspecified atom stereocenters. The summed E-state index contributed by atoms with van der Waals surface area (Å²) in [5, 5.41) is 0. The summed E-state index contributed by atoms with van der Waals surface area (Å²) in [5.74, 6) is 0.0797. The van der Waals surface area contributed by atoms with Crippen LogP contribution in [-0.2, 0) is 10.0 Å². The molecule has 0 aliphatic carbocycles. The summed E-state index contributed by atoms with van der Waals surface area (Å²) in [5.41, 5.74) is -0.232. The van der Waals surface area contributed by atoms with E-state index in [0.29, 0.717) is 57.1 Å². The Bertz CT molecular complexity index is 1060. The van der Waals surface area contributed by atoms with Crippen LogP contribution in [0, 0.1) is 5.82 Å². The molecule has 0 saturated carbocycles. The standard InChI is InChI=1S/C24H31FN2O5S/c1-4-27(5-2)33(29,30)19-11-12-21(25)20(17-19)24(28)26-15-13-18(14-16-26)32-23-10-8-7-9-22(23)31-6-3/h7-12,17-18H,4-6,13-16H2,1-3H3. The molecule has 2 aromatic rings. The summed E-state index contributed by atoms with van der Waals surface area (Å²) < 4.78 is 53.1. The van der Waals surface area contributed by atoms with Gasteiger partial charge in [0.1, 0.15) is 11.9 Å². The second-order valence-corrected chi connectivity index (χ2v) is 9.66. The van der Waals surface area contributed by atoms with Crippen molar-refractivity contribution in [3.8, 4) is 11.5 Å². The molecule has 7 nitrogen and oxygen atoms in total. The fraction of sp³-hybridized carbons (Fsp3) is 0.458. The lowest BCUT2D eigenvalue weighted by molar-refractivity contribution is 0.0585. The lowest BCUT2D eigenvalue weighted by Gasteiger charge is -2.32. The maximum Gasteiger partial charge on any atom is 0.256 e. The van der Waals surface area contributed by atoms with Crippen LogP contribution >= 0.6 is 0 Å². The van der Waals surface area contributed by atoms with Gasteiger partial charge >= 0.3 is 0 Å². The lowest BCUT2D eigenvalue weighted by atomic mass is 10.1. The highest BCUT2D eigenvalue weighted by molar-refractivity contribution is 7.89. The van der Waals surface area contributed by atoms with Gasteiger partial charge in [0.2, 0.25) is 10.0 Å². The molecule has 0 aromatic heterocycles. The number of ether oxygens (including phenoxy) is 2. The van der Waals surface area contributed by atoms with Gasteiger partial charge < -0.3 is 14.4 Å². The SMILES string of the molecule is CCOc1ccccc1OC1CCN(C(=O)c2cc(S(=O)(=O)N(CC)CC)ccc2F)CC1. The number of sulfonamides is 1. The van der Waals surface area contributed by atoms with Gasteiger partial charge in [-0.25, -0.2) is 12.8 Å². The van der Waals surface area contributed by atoms with Gasteiger partial charge in [0, 0.05) is 39.0 Å². The molecule has 0 radical (unpaired) electrons. The molecule has 0 atom stereocenters. The van der Waals surface area contributed by atoms with Crippen LogP contribution in [0.5, 0.6) is 11.5 Å². The molecular weight excluding hydrogens is 447 g/mol. The van der Waals surface area contributed by atoms with Crippen molar-refractivity contribution >= 4 is 15.9 Å². The predicted octanol–water partition coefficient (Wildman–Crippen LogP) is 3.94. The zero-order chi connectivity index (χ0) is 24.0. The number of rotatable bonds is 9. The maximum absolute atomic E-state index is 14.5. The molecule has 3 rings (SSSR count). The predicted molar refractivity (Wildman–Crippen MR) is 124 cm³/mol. The Hall–Kier alpha value is -2.65. The Labute approximate surface area is 195 Å². The number of nitrogens with zero attached hydrogens (tertiary/aromatic N) is 2.